The van der Waals surface area contributed by atoms with Gasteiger partial charge in [-0.05, 0) is 36.6 Å². The lowest BCUT2D eigenvalue weighted by Gasteiger charge is -2.09. The zero-order chi connectivity index (χ0) is 14.5. The van der Waals surface area contributed by atoms with Crippen molar-refractivity contribution in [2.45, 2.75) is 13.3 Å². The molecule has 0 atom stereocenters. The number of nitrogens with zero attached hydrogens (tertiary/aromatic N) is 1. The lowest BCUT2D eigenvalue weighted by atomic mass is 10.1. The van der Waals surface area contributed by atoms with E-state index < -0.39 is 4.92 Å². The Morgan fingerprint density at radius 1 is 1.25 bits per heavy atom. The predicted octanol–water partition coefficient (Wildman–Crippen LogP) is 4.21. The van der Waals surface area contributed by atoms with E-state index in [1.807, 2.05) is 12.1 Å². The van der Waals surface area contributed by atoms with E-state index in [4.69, 9.17) is 11.6 Å². The highest BCUT2D eigenvalue weighted by molar-refractivity contribution is 6.31. The largest absolute Gasteiger partial charge is 0.379 e. The number of hydrogen-bond acceptors (Lipinski definition) is 3. The van der Waals surface area contributed by atoms with Gasteiger partial charge in [0, 0.05) is 17.6 Å². The molecule has 0 saturated carbocycles. The highest BCUT2D eigenvalue weighted by Gasteiger charge is 2.13. The Balaban J connectivity index is 2.06. The summed E-state index contributed by atoms with van der Waals surface area (Å²) in [4.78, 5) is 10.5. The molecule has 20 heavy (non-hydrogen) atoms. The lowest BCUT2D eigenvalue weighted by Crippen LogP contribution is -2.07. The van der Waals surface area contributed by atoms with Crippen LogP contribution in [0.3, 0.4) is 0 Å². The maximum Gasteiger partial charge on any atom is 0.292 e. The summed E-state index contributed by atoms with van der Waals surface area (Å²) in [6.45, 7) is 2.67. The van der Waals surface area contributed by atoms with Crippen LogP contribution >= 0.6 is 11.6 Å². The summed E-state index contributed by atoms with van der Waals surface area (Å²) < 4.78 is 0. The van der Waals surface area contributed by atoms with Gasteiger partial charge in [-0.25, -0.2) is 0 Å². The van der Waals surface area contributed by atoms with Crippen LogP contribution in [-0.4, -0.2) is 11.5 Å². The number of anilines is 1. The second kappa shape index (κ2) is 6.39. The van der Waals surface area contributed by atoms with Gasteiger partial charge in [0.15, 0.2) is 0 Å². The van der Waals surface area contributed by atoms with E-state index in [-0.39, 0.29) is 5.69 Å². The van der Waals surface area contributed by atoms with Crippen molar-refractivity contribution in [3.63, 3.8) is 0 Å². The molecule has 0 amide bonds. The molecule has 0 fully saturated rings. The molecule has 4 nitrogen and oxygen atoms in total. The Labute approximate surface area is 122 Å². The summed E-state index contributed by atoms with van der Waals surface area (Å²) >= 11 is 5.88. The van der Waals surface area contributed by atoms with Crippen molar-refractivity contribution in [3.8, 4) is 0 Å². The van der Waals surface area contributed by atoms with Gasteiger partial charge in [0.1, 0.15) is 5.69 Å². The number of nitro groups is 1. The summed E-state index contributed by atoms with van der Waals surface area (Å²) in [7, 11) is 0. The average Bonchev–Trinajstić information content (AvgIpc) is 2.41. The van der Waals surface area contributed by atoms with Crippen molar-refractivity contribution < 1.29 is 4.92 Å². The van der Waals surface area contributed by atoms with Gasteiger partial charge in [-0.1, -0.05) is 35.9 Å². The van der Waals surface area contributed by atoms with Crippen LogP contribution < -0.4 is 5.32 Å². The molecule has 2 aromatic carbocycles. The highest BCUT2D eigenvalue weighted by Crippen LogP contribution is 2.27. The quantitative estimate of drug-likeness (QED) is 0.663. The Kier molecular flexibility index (Phi) is 4.58. The fourth-order valence-corrected chi connectivity index (χ4v) is 2.20. The van der Waals surface area contributed by atoms with Crippen molar-refractivity contribution in [2.75, 3.05) is 11.9 Å². The van der Waals surface area contributed by atoms with Gasteiger partial charge in [-0.2, -0.15) is 0 Å². The fraction of sp³-hybridized carbons (Fsp3) is 0.200. The van der Waals surface area contributed by atoms with Crippen molar-refractivity contribution in [1.82, 2.24) is 0 Å². The van der Waals surface area contributed by atoms with Crippen LogP contribution in [0.5, 0.6) is 0 Å². The SMILES string of the molecule is Cc1ccccc1CCNc1cc(Cl)ccc1[N+](=O)[O-]. The maximum absolute atomic E-state index is 10.9. The molecule has 0 radical (unpaired) electrons. The Morgan fingerprint density at radius 2 is 2.00 bits per heavy atom. The van der Waals surface area contributed by atoms with Gasteiger partial charge in [-0.15, -0.1) is 0 Å². The molecule has 0 spiro atoms. The normalized spacial score (nSPS) is 10.3. The molecule has 0 aliphatic heterocycles. The minimum atomic E-state index is -0.410. The molecule has 5 heteroatoms. The third-order valence-electron chi connectivity index (χ3n) is 3.13. The number of benzene rings is 2. The summed E-state index contributed by atoms with van der Waals surface area (Å²) in [6.07, 6.45) is 0.802. The van der Waals surface area contributed by atoms with E-state index in [1.165, 1.54) is 23.3 Å². The molecule has 0 aliphatic carbocycles. The van der Waals surface area contributed by atoms with Crippen LogP contribution in [0.4, 0.5) is 11.4 Å². The van der Waals surface area contributed by atoms with E-state index in [9.17, 15) is 10.1 Å². The predicted molar refractivity (Wildman–Crippen MR) is 81.5 cm³/mol. The third-order valence-corrected chi connectivity index (χ3v) is 3.36. The maximum atomic E-state index is 10.9. The molecular weight excluding hydrogens is 276 g/mol. The molecule has 0 heterocycles. The molecular formula is C15H15ClN2O2. The van der Waals surface area contributed by atoms with Crippen LogP contribution in [0.2, 0.25) is 5.02 Å². The highest BCUT2D eigenvalue weighted by atomic mass is 35.5. The van der Waals surface area contributed by atoms with Gasteiger partial charge in [0.05, 0.1) is 4.92 Å². The fourth-order valence-electron chi connectivity index (χ4n) is 2.03. The van der Waals surface area contributed by atoms with Crippen LogP contribution in [-0.2, 0) is 6.42 Å². The summed E-state index contributed by atoms with van der Waals surface area (Å²) in [5.74, 6) is 0. The Hall–Kier alpha value is -2.07. The van der Waals surface area contributed by atoms with E-state index in [0.717, 1.165) is 6.42 Å². The minimum Gasteiger partial charge on any atom is -0.379 e. The van der Waals surface area contributed by atoms with E-state index >= 15 is 0 Å². The van der Waals surface area contributed by atoms with Gasteiger partial charge in [-0.3, -0.25) is 10.1 Å². The van der Waals surface area contributed by atoms with E-state index in [1.54, 1.807) is 6.07 Å². The first-order chi connectivity index (χ1) is 9.58. The number of halogens is 1. The third kappa shape index (κ3) is 3.48. The molecule has 2 aromatic rings. The van der Waals surface area contributed by atoms with Crippen LogP contribution in [0, 0.1) is 17.0 Å². The smallest absolute Gasteiger partial charge is 0.292 e. The lowest BCUT2D eigenvalue weighted by molar-refractivity contribution is -0.384. The Morgan fingerprint density at radius 3 is 2.70 bits per heavy atom. The molecule has 2 rings (SSSR count). The van der Waals surface area contributed by atoms with E-state index in [2.05, 4.69) is 24.4 Å². The first-order valence-corrected chi connectivity index (χ1v) is 6.68. The summed E-state index contributed by atoms with van der Waals surface area (Å²) in [5.41, 5.74) is 2.94. The van der Waals surface area contributed by atoms with Gasteiger partial charge in [0.25, 0.3) is 5.69 Å². The zero-order valence-corrected chi connectivity index (χ0v) is 11.9. The molecule has 0 bridgehead atoms. The van der Waals surface area contributed by atoms with Crippen molar-refractivity contribution in [2.24, 2.45) is 0 Å². The average molecular weight is 291 g/mol. The summed E-state index contributed by atoms with van der Waals surface area (Å²) in [5, 5.41) is 14.5. The standard InChI is InChI=1S/C15H15ClN2O2/c1-11-4-2-3-5-12(11)8-9-17-14-10-13(16)6-7-15(14)18(19)20/h2-7,10,17H,8-9H2,1H3. The molecule has 0 unspecified atom stereocenters. The second-order valence-electron chi connectivity index (χ2n) is 4.52. The number of rotatable bonds is 5. The number of nitrogens with one attached hydrogen (secondary N) is 1. The molecule has 1 N–H and O–H groups in total. The van der Waals surface area contributed by atoms with Crippen LogP contribution in [0.25, 0.3) is 0 Å². The molecule has 0 aliphatic rings. The molecule has 0 aromatic heterocycles. The first-order valence-electron chi connectivity index (χ1n) is 6.30. The van der Waals surface area contributed by atoms with Gasteiger partial charge < -0.3 is 5.32 Å². The number of aryl methyl sites for hydroxylation is 1. The molecule has 104 valence electrons. The molecule has 0 saturated heterocycles. The first kappa shape index (κ1) is 14.3. The van der Waals surface area contributed by atoms with Crippen LogP contribution in [0.1, 0.15) is 11.1 Å². The van der Waals surface area contributed by atoms with Crippen molar-refractivity contribution >= 4 is 23.0 Å². The van der Waals surface area contributed by atoms with Gasteiger partial charge >= 0.3 is 0 Å². The topological polar surface area (TPSA) is 55.2 Å². The van der Waals surface area contributed by atoms with Crippen LogP contribution in [0.15, 0.2) is 42.5 Å². The number of nitro benzene ring substituents is 1. The minimum absolute atomic E-state index is 0.0409. The summed E-state index contributed by atoms with van der Waals surface area (Å²) in [6, 6.07) is 12.6. The van der Waals surface area contributed by atoms with Crippen molar-refractivity contribution in [1.29, 1.82) is 0 Å². The zero-order valence-electron chi connectivity index (χ0n) is 11.1. The second-order valence-corrected chi connectivity index (χ2v) is 4.96. The Bertz CT molecular complexity index is 629. The van der Waals surface area contributed by atoms with Crippen molar-refractivity contribution in [3.05, 3.63) is 68.7 Å². The monoisotopic (exact) mass is 290 g/mol. The van der Waals surface area contributed by atoms with E-state index in [0.29, 0.717) is 17.3 Å². The number of hydrogen-bond donors (Lipinski definition) is 1. The van der Waals surface area contributed by atoms with Gasteiger partial charge in [0.2, 0.25) is 0 Å².